The summed E-state index contributed by atoms with van der Waals surface area (Å²) in [6, 6.07) is 8.34. The summed E-state index contributed by atoms with van der Waals surface area (Å²) >= 11 is 0. The second-order valence-electron chi connectivity index (χ2n) is 4.44. The van der Waals surface area contributed by atoms with Crippen molar-refractivity contribution in [1.82, 2.24) is 15.5 Å². The second-order valence-corrected chi connectivity index (χ2v) is 4.44. The van der Waals surface area contributed by atoms with E-state index >= 15 is 0 Å². The van der Waals surface area contributed by atoms with Crippen molar-refractivity contribution in [2.45, 2.75) is 19.9 Å². The average Bonchev–Trinajstić information content (AvgIpc) is 2.85. The minimum absolute atomic E-state index is 0.574. The molecule has 1 aromatic carbocycles. The van der Waals surface area contributed by atoms with Crippen LogP contribution in [0.4, 0.5) is 0 Å². The van der Waals surface area contributed by atoms with Gasteiger partial charge in [-0.05, 0) is 12.5 Å². The van der Waals surface area contributed by atoms with E-state index in [1.54, 1.807) is 7.11 Å². The van der Waals surface area contributed by atoms with Crippen LogP contribution in [0.25, 0.3) is 0 Å². The molecule has 5 nitrogen and oxygen atoms in total. The number of ether oxygens (including phenoxy) is 1. The minimum atomic E-state index is 0.574. The van der Waals surface area contributed by atoms with Gasteiger partial charge in [-0.15, -0.1) is 0 Å². The molecule has 5 heteroatoms. The maximum Gasteiger partial charge on any atom is 0.240 e. The van der Waals surface area contributed by atoms with Crippen LogP contribution in [0.1, 0.15) is 22.8 Å². The van der Waals surface area contributed by atoms with Gasteiger partial charge in [0.1, 0.15) is 0 Å². The van der Waals surface area contributed by atoms with Crippen molar-refractivity contribution in [3.8, 4) is 0 Å². The lowest BCUT2D eigenvalue weighted by Crippen LogP contribution is -2.18. The van der Waals surface area contributed by atoms with Crippen LogP contribution >= 0.6 is 0 Å². The van der Waals surface area contributed by atoms with Crippen molar-refractivity contribution in [1.29, 1.82) is 0 Å². The van der Waals surface area contributed by atoms with Crippen molar-refractivity contribution >= 4 is 0 Å². The first kappa shape index (κ1) is 13.7. The van der Waals surface area contributed by atoms with Crippen LogP contribution in [-0.4, -0.2) is 30.4 Å². The molecule has 0 aliphatic rings. The van der Waals surface area contributed by atoms with Crippen LogP contribution in [-0.2, 0) is 17.7 Å². The number of hydrogen-bond acceptors (Lipinski definition) is 5. The molecular weight excluding hydrogens is 242 g/mol. The molecule has 0 fully saturated rings. The molecule has 0 saturated heterocycles. The Labute approximate surface area is 113 Å². The molecule has 0 aliphatic carbocycles. The number of rotatable bonds is 7. The fraction of sp³-hybridized carbons (Fsp3) is 0.429. The van der Waals surface area contributed by atoms with Crippen LogP contribution in [0.2, 0.25) is 0 Å². The van der Waals surface area contributed by atoms with E-state index in [-0.39, 0.29) is 0 Å². The Kier molecular flexibility index (Phi) is 5.06. The van der Waals surface area contributed by atoms with Gasteiger partial charge in [0.25, 0.3) is 0 Å². The van der Waals surface area contributed by atoms with E-state index in [9.17, 15) is 0 Å². The normalized spacial score (nSPS) is 10.8. The average molecular weight is 261 g/mol. The summed E-state index contributed by atoms with van der Waals surface area (Å²) in [6.07, 6.45) is 0.696. The summed E-state index contributed by atoms with van der Waals surface area (Å²) in [5.41, 5.74) is 2.44. The third kappa shape index (κ3) is 4.46. The number of aromatic nitrogens is 2. The van der Waals surface area contributed by atoms with E-state index in [0.717, 1.165) is 6.54 Å². The van der Waals surface area contributed by atoms with E-state index < -0.39 is 0 Å². The van der Waals surface area contributed by atoms with Crippen LogP contribution < -0.4 is 5.32 Å². The largest absolute Gasteiger partial charge is 0.383 e. The third-order valence-electron chi connectivity index (χ3n) is 2.75. The van der Waals surface area contributed by atoms with E-state index in [0.29, 0.717) is 31.3 Å². The third-order valence-corrected chi connectivity index (χ3v) is 2.75. The van der Waals surface area contributed by atoms with Gasteiger partial charge in [0.05, 0.1) is 13.2 Å². The van der Waals surface area contributed by atoms with Crippen LogP contribution in [0.3, 0.4) is 0 Å². The molecule has 2 aromatic rings. The van der Waals surface area contributed by atoms with Crippen molar-refractivity contribution in [3.63, 3.8) is 0 Å². The zero-order valence-corrected chi connectivity index (χ0v) is 11.3. The second kappa shape index (κ2) is 7.01. The Morgan fingerprint density at radius 1 is 1.26 bits per heavy atom. The van der Waals surface area contributed by atoms with Crippen LogP contribution in [0, 0.1) is 6.92 Å². The number of benzene rings is 1. The monoisotopic (exact) mass is 261 g/mol. The highest BCUT2D eigenvalue weighted by atomic mass is 16.5. The Morgan fingerprint density at radius 2 is 2.05 bits per heavy atom. The molecule has 102 valence electrons. The fourth-order valence-electron chi connectivity index (χ4n) is 1.69. The molecule has 1 aromatic heterocycles. The van der Waals surface area contributed by atoms with Gasteiger partial charge < -0.3 is 14.6 Å². The number of nitrogens with one attached hydrogen (secondary N) is 1. The fourth-order valence-corrected chi connectivity index (χ4v) is 1.69. The molecule has 0 radical (unpaired) electrons. The predicted molar refractivity (Wildman–Crippen MR) is 71.9 cm³/mol. The lowest BCUT2D eigenvalue weighted by atomic mass is 10.1. The molecule has 0 bridgehead atoms. The number of methoxy groups -OCH3 is 1. The van der Waals surface area contributed by atoms with Gasteiger partial charge in [0.15, 0.2) is 5.82 Å². The summed E-state index contributed by atoms with van der Waals surface area (Å²) in [5.74, 6) is 1.32. The molecule has 0 aliphatic heterocycles. The lowest BCUT2D eigenvalue weighted by Gasteiger charge is -1.99. The summed E-state index contributed by atoms with van der Waals surface area (Å²) < 4.78 is 10.1. The highest BCUT2D eigenvalue weighted by molar-refractivity contribution is 5.23. The zero-order valence-electron chi connectivity index (χ0n) is 11.3. The van der Waals surface area contributed by atoms with Gasteiger partial charge in [0, 0.05) is 20.1 Å². The smallest absolute Gasteiger partial charge is 0.240 e. The van der Waals surface area contributed by atoms with Crippen molar-refractivity contribution in [2.75, 3.05) is 20.3 Å². The van der Waals surface area contributed by atoms with Gasteiger partial charge in [-0.25, -0.2) is 0 Å². The van der Waals surface area contributed by atoms with Crippen molar-refractivity contribution < 1.29 is 9.26 Å². The molecule has 0 amide bonds. The summed E-state index contributed by atoms with van der Waals surface area (Å²) in [7, 11) is 1.67. The molecule has 2 rings (SSSR count). The molecule has 1 heterocycles. The van der Waals surface area contributed by atoms with Gasteiger partial charge in [0.2, 0.25) is 5.89 Å². The van der Waals surface area contributed by atoms with Crippen molar-refractivity contribution in [2.24, 2.45) is 0 Å². The highest BCUT2D eigenvalue weighted by Gasteiger charge is 2.06. The molecule has 19 heavy (non-hydrogen) atoms. The number of aryl methyl sites for hydroxylation is 1. The predicted octanol–water partition coefficient (Wildman–Crippen LogP) is 1.70. The molecular formula is C14H19N3O2. The molecule has 0 spiro atoms. The lowest BCUT2D eigenvalue weighted by molar-refractivity contribution is 0.197. The number of hydrogen-bond donors (Lipinski definition) is 1. The van der Waals surface area contributed by atoms with Crippen LogP contribution in [0.5, 0.6) is 0 Å². The van der Waals surface area contributed by atoms with E-state index in [1.807, 2.05) is 0 Å². The van der Waals surface area contributed by atoms with Gasteiger partial charge in [-0.3, -0.25) is 0 Å². The standard InChI is InChI=1S/C14H19N3O2/c1-11-3-5-12(6-4-11)9-13-16-14(19-17-13)10-15-7-8-18-2/h3-6,15H,7-10H2,1-2H3. The van der Waals surface area contributed by atoms with E-state index in [1.165, 1.54) is 11.1 Å². The van der Waals surface area contributed by atoms with Gasteiger partial charge in [-0.1, -0.05) is 35.0 Å². The Morgan fingerprint density at radius 3 is 2.79 bits per heavy atom. The van der Waals surface area contributed by atoms with E-state index in [4.69, 9.17) is 9.26 Å². The summed E-state index contributed by atoms with van der Waals surface area (Å²) in [6.45, 7) is 4.09. The van der Waals surface area contributed by atoms with Gasteiger partial charge >= 0.3 is 0 Å². The summed E-state index contributed by atoms with van der Waals surface area (Å²) in [5, 5.41) is 7.14. The first-order chi connectivity index (χ1) is 9.28. The zero-order chi connectivity index (χ0) is 13.5. The summed E-state index contributed by atoms with van der Waals surface area (Å²) in [4.78, 5) is 4.34. The SMILES string of the molecule is COCCNCc1nc(Cc2ccc(C)cc2)no1. The molecule has 0 atom stereocenters. The van der Waals surface area contributed by atoms with Crippen molar-refractivity contribution in [3.05, 3.63) is 47.1 Å². The first-order valence-electron chi connectivity index (χ1n) is 6.34. The maximum atomic E-state index is 5.18. The molecule has 0 unspecified atom stereocenters. The molecule has 1 N–H and O–H groups in total. The Bertz CT molecular complexity index is 494. The molecule has 0 saturated carbocycles. The van der Waals surface area contributed by atoms with Crippen LogP contribution in [0.15, 0.2) is 28.8 Å². The number of nitrogens with zero attached hydrogens (tertiary/aromatic N) is 2. The maximum absolute atomic E-state index is 5.18. The van der Waals surface area contributed by atoms with E-state index in [2.05, 4.69) is 46.6 Å². The highest BCUT2D eigenvalue weighted by Crippen LogP contribution is 2.08. The minimum Gasteiger partial charge on any atom is -0.383 e. The Balaban J connectivity index is 1.85. The topological polar surface area (TPSA) is 60.2 Å². The Hall–Kier alpha value is -1.72. The first-order valence-corrected chi connectivity index (χ1v) is 6.34. The quantitative estimate of drug-likeness (QED) is 0.769. The van der Waals surface area contributed by atoms with Gasteiger partial charge in [-0.2, -0.15) is 4.98 Å².